The first kappa shape index (κ1) is 13.3. The predicted molar refractivity (Wildman–Crippen MR) is 68.6 cm³/mol. The van der Waals surface area contributed by atoms with Gasteiger partial charge in [0.05, 0.1) is 18.2 Å². The molecule has 0 aromatic heterocycles. The van der Waals surface area contributed by atoms with Crippen LogP contribution >= 0.6 is 11.6 Å². The average molecular weight is 278 g/mol. The van der Waals surface area contributed by atoms with Gasteiger partial charge in [-0.2, -0.15) is 5.26 Å². The van der Waals surface area contributed by atoms with Crippen LogP contribution in [-0.2, 0) is 6.61 Å². The van der Waals surface area contributed by atoms with Gasteiger partial charge < -0.3 is 9.84 Å². The van der Waals surface area contributed by atoms with E-state index >= 15 is 0 Å². The van der Waals surface area contributed by atoms with Crippen LogP contribution < -0.4 is 4.74 Å². The van der Waals surface area contributed by atoms with Gasteiger partial charge in [0, 0.05) is 10.6 Å². The molecule has 2 aromatic rings. The highest BCUT2D eigenvalue weighted by atomic mass is 35.5. The number of rotatable bonds is 3. The van der Waals surface area contributed by atoms with Gasteiger partial charge in [-0.05, 0) is 30.3 Å². The average Bonchev–Trinajstić information content (AvgIpc) is 2.41. The number of nitrogens with zero attached hydrogens (tertiary/aromatic N) is 1. The Kier molecular flexibility index (Phi) is 4.00. The molecule has 19 heavy (non-hydrogen) atoms. The summed E-state index contributed by atoms with van der Waals surface area (Å²) in [5, 5.41) is 18.2. The summed E-state index contributed by atoms with van der Waals surface area (Å²) >= 11 is 5.83. The zero-order chi connectivity index (χ0) is 13.8. The van der Waals surface area contributed by atoms with E-state index in [0.717, 1.165) is 6.07 Å². The molecule has 2 aromatic carbocycles. The summed E-state index contributed by atoms with van der Waals surface area (Å²) in [5.74, 6) is -0.405. The third-order valence-corrected chi connectivity index (χ3v) is 2.72. The van der Waals surface area contributed by atoms with Crippen LogP contribution in [0.25, 0.3) is 0 Å². The van der Waals surface area contributed by atoms with Gasteiger partial charge >= 0.3 is 0 Å². The second-order valence-corrected chi connectivity index (χ2v) is 4.21. The summed E-state index contributed by atoms with van der Waals surface area (Å²) in [6.45, 7) is -0.246. The van der Waals surface area contributed by atoms with E-state index in [2.05, 4.69) is 0 Å². The second-order valence-electron chi connectivity index (χ2n) is 3.77. The summed E-state index contributed by atoms with van der Waals surface area (Å²) in [6.07, 6.45) is 0. The molecular formula is C14H9ClFNO2. The van der Waals surface area contributed by atoms with Gasteiger partial charge in [0.15, 0.2) is 11.6 Å². The van der Waals surface area contributed by atoms with Gasteiger partial charge in [0.2, 0.25) is 0 Å². The molecule has 0 heterocycles. The van der Waals surface area contributed by atoms with Gasteiger partial charge in [0.25, 0.3) is 0 Å². The number of hydrogen-bond acceptors (Lipinski definition) is 3. The Morgan fingerprint density at radius 2 is 2.00 bits per heavy atom. The van der Waals surface area contributed by atoms with E-state index in [1.165, 1.54) is 18.2 Å². The van der Waals surface area contributed by atoms with Crippen molar-refractivity contribution in [3.05, 3.63) is 58.4 Å². The molecule has 0 fully saturated rings. The normalized spacial score (nSPS) is 10.0. The minimum atomic E-state index is -0.650. The van der Waals surface area contributed by atoms with Crippen LogP contribution in [0.1, 0.15) is 11.1 Å². The van der Waals surface area contributed by atoms with Crippen molar-refractivity contribution in [1.82, 2.24) is 0 Å². The molecule has 0 saturated carbocycles. The Labute approximate surface area is 114 Å². The quantitative estimate of drug-likeness (QED) is 0.932. The van der Waals surface area contributed by atoms with Crippen molar-refractivity contribution >= 4 is 11.6 Å². The first-order valence-corrected chi connectivity index (χ1v) is 5.78. The molecule has 0 saturated heterocycles. The lowest BCUT2D eigenvalue weighted by molar-refractivity contribution is 0.276. The fraction of sp³-hybridized carbons (Fsp3) is 0.0714. The minimum Gasteiger partial charge on any atom is -0.454 e. The molecule has 1 N–H and O–H groups in total. The highest BCUT2D eigenvalue weighted by molar-refractivity contribution is 6.30. The van der Waals surface area contributed by atoms with Crippen molar-refractivity contribution in [3.63, 3.8) is 0 Å². The van der Waals surface area contributed by atoms with Crippen molar-refractivity contribution < 1.29 is 14.2 Å². The Morgan fingerprint density at radius 3 is 2.63 bits per heavy atom. The molecule has 0 amide bonds. The molecule has 96 valence electrons. The van der Waals surface area contributed by atoms with Gasteiger partial charge in [-0.15, -0.1) is 0 Å². The Balaban J connectivity index is 2.36. The number of aliphatic hydroxyl groups is 1. The fourth-order valence-electron chi connectivity index (χ4n) is 1.53. The van der Waals surface area contributed by atoms with Crippen molar-refractivity contribution in [3.8, 4) is 17.6 Å². The SMILES string of the molecule is N#Cc1ccc(Oc2cc(Cl)ccc2CO)c(F)c1. The number of halogens is 2. The van der Waals surface area contributed by atoms with Crippen LogP contribution in [0.15, 0.2) is 36.4 Å². The van der Waals surface area contributed by atoms with Crippen LogP contribution in [-0.4, -0.2) is 5.11 Å². The molecule has 0 aliphatic rings. The van der Waals surface area contributed by atoms with Gasteiger partial charge in [-0.1, -0.05) is 17.7 Å². The summed E-state index contributed by atoms with van der Waals surface area (Å²) in [4.78, 5) is 0. The Morgan fingerprint density at radius 1 is 1.21 bits per heavy atom. The number of nitriles is 1. The number of benzene rings is 2. The molecule has 0 radical (unpaired) electrons. The van der Waals surface area contributed by atoms with Crippen molar-refractivity contribution in [2.24, 2.45) is 0 Å². The van der Waals surface area contributed by atoms with Crippen LogP contribution in [0.3, 0.4) is 0 Å². The molecule has 0 spiro atoms. The highest BCUT2D eigenvalue weighted by Crippen LogP contribution is 2.30. The molecular weight excluding hydrogens is 269 g/mol. The maximum atomic E-state index is 13.7. The zero-order valence-corrected chi connectivity index (χ0v) is 10.5. The maximum absolute atomic E-state index is 13.7. The molecule has 0 bridgehead atoms. The number of aliphatic hydroxyl groups excluding tert-OH is 1. The molecule has 0 aliphatic heterocycles. The third kappa shape index (κ3) is 3.02. The summed E-state index contributed by atoms with van der Waals surface area (Å²) in [7, 11) is 0. The summed E-state index contributed by atoms with van der Waals surface area (Å²) < 4.78 is 19.1. The lowest BCUT2D eigenvalue weighted by atomic mass is 10.2. The smallest absolute Gasteiger partial charge is 0.167 e. The van der Waals surface area contributed by atoms with E-state index in [0.29, 0.717) is 10.6 Å². The van der Waals surface area contributed by atoms with Crippen molar-refractivity contribution in [2.45, 2.75) is 6.61 Å². The van der Waals surface area contributed by atoms with Gasteiger partial charge in [-0.25, -0.2) is 4.39 Å². The maximum Gasteiger partial charge on any atom is 0.167 e. The first-order chi connectivity index (χ1) is 9.13. The van der Waals surface area contributed by atoms with E-state index in [-0.39, 0.29) is 23.7 Å². The molecule has 0 unspecified atom stereocenters. The van der Waals surface area contributed by atoms with E-state index in [1.54, 1.807) is 12.1 Å². The fourth-order valence-corrected chi connectivity index (χ4v) is 1.69. The highest BCUT2D eigenvalue weighted by Gasteiger charge is 2.09. The zero-order valence-electron chi connectivity index (χ0n) is 9.73. The van der Waals surface area contributed by atoms with E-state index in [9.17, 15) is 9.50 Å². The van der Waals surface area contributed by atoms with E-state index in [1.807, 2.05) is 6.07 Å². The number of ether oxygens (including phenoxy) is 1. The lowest BCUT2D eigenvalue weighted by Crippen LogP contribution is -1.94. The molecule has 2 rings (SSSR count). The van der Waals surface area contributed by atoms with Crippen LogP contribution in [0.4, 0.5) is 4.39 Å². The standard InChI is InChI=1S/C14H9ClFNO2/c15-11-3-2-10(8-18)14(6-11)19-13-4-1-9(7-17)5-12(13)16/h1-6,18H,8H2. The van der Waals surface area contributed by atoms with Crippen molar-refractivity contribution in [1.29, 1.82) is 5.26 Å². The van der Waals surface area contributed by atoms with E-state index in [4.69, 9.17) is 21.6 Å². The monoisotopic (exact) mass is 277 g/mol. The summed E-state index contributed by atoms with van der Waals surface area (Å²) in [6, 6.07) is 10.4. The van der Waals surface area contributed by atoms with Crippen molar-refractivity contribution in [2.75, 3.05) is 0 Å². The Bertz CT molecular complexity index is 652. The largest absolute Gasteiger partial charge is 0.454 e. The Hall–Kier alpha value is -2.09. The van der Waals surface area contributed by atoms with Gasteiger partial charge in [-0.3, -0.25) is 0 Å². The molecule has 3 nitrogen and oxygen atoms in total. The van der Waals surface area contributed by atoms with Crippen LogP contribution in [0.5, 0.6) is 11.5 Å². The lowest BCUT2D eigenvalue weighted by Gasteiger charge is -2.10. The topological polar surface area (TPSA) is 53.2 Å². The van der Waals surface area contributed by atoms with E-state index < -0.39 is 5.82 Å². The first-order valence-electron chi connectivity index (χ1n) is 5.41. The molecule has 0 atom stereocenters. The summed E-state index contributed by atoms with van der Waals surface area (Å²) in [5.41, 5.74) is 0.700. The van der Waals surface area contributed by atoms with Gasteiger partial charge in [0.1, 0.15) is 5.75 Å². The minimum absolute atomic E-state index is 0.0315. The second kappa shape index (κ2) is 5.70. The molecule has 5 heteroatoms. The third-order valence-electron chi connectivity index (χ3n) is 2.48. The predicted octanol–water partition coefficient (Wildman–Crippen LogP) is 3.64. The number of hydrogen-bond donors (Lipinski definition) is 1. The van der Waals surface area contributed by atoms with Crippen LogP contribution in [0, 0.1) is 17.1 Å². The van der Waals surface area contributed by atoms with Crippen LogP contribution in [0.2, 0.25) is 5.02 Å². The molecule has 0 aliphatic carbocycles.